The van der Waals surface area contributed by atoms with Gasteiger partial charge in [-0.3, -0.25) is 4.99 Å². The number of rotatable bonds is 3. The van der Waals surface area contributed by atoms with E-state index in [-0.39, 0.29) is 0 Å². The second kappa shape index (κ2) is 6.02. The van der Waals surface area contributed by atoms with Crippen molar-refractivity contribution in [3.8, 4) is 0 Å². The molecule has 1 aromatic heterocycles. The monoisotopic (exact) mass is 270 g/mol. The first kappa shape index (κ1) is 12.4. The molecule has 2 nitrogen and oxygen atoms in total. The molecule has 0 bridgehead atoms. The molecule has 1 aliphatic rings. The zero-order chi connectivity index (χ0) is 12.9. The Kier molecular flexibility index (Phi) is 3.94. The number of hydrogen-bond acceptors (Lipinski definition) is 3. The normalized spacial score (nSPS) is 16.1. The van der Waals surface area contributed by atoms with E-state index in [9.17, 15) is 0 Å². The van der Waals surface area contributed by atoms with Gasteiger partial charge in [0, 0.05) is 29.9 Å². The topological polar surface area (TPSA) is 15.6 Å². The maximum Gasteiger partial charge on any atom is 0.0631 e. The average molecular weight is 270 g/mol. The molecule has 2 heterocycles. The van der Waals surface area contributed by atoms with Crippen molar-refractivity contribution in [3.63, 3.8) is 0 Å². The van der Waals surface area contributed by atoms with E-state index in [1.54, 1.807) is 11.3 Å². The summed E-state index contributed by atoms with van der Waals surface area (Å²) in [4.78, 5) is 8.16. The van der Waals surface area contributed by atoms with Crippen molar-refractivity contribution in [2.24, 2.45) is 4.99 Å². The predicted molar refractivity (Wildman–Crippen MR) is 84.1 cm³/mol. The van der Waals surface area contributed by atoms with E-state index in [1.165, 1.54) is 42.9 Å². The largest absolute Gasteiger partial charge is 0.372 e. The molecule has 0 spiro atoms. The Morgan fingerprint density at radius 2 is 1.79 bits per heavy atom. The third-order valence-electron chi connectivity index (χ3n) is 3.45. The highest BCUT2D eigenvalue weighted by Crippen LogP contribution is 2.23. The van der Waals surface area contributed by atoms with Crippen molar-refractivity contribution in [1.82, 2.24) is 0 Å². The Morgan fingerprint density at radius 1 is 1.00 bits per heavy atom. The summed E-state index contributed by atoms with van der Waals surface area (Å²) >= 11 is 1.71. The van der Waals surface area contributed by atoms with Gasteiger partial charge in [-0.05, 0) is 55.0 Å². The van der Waals surface area contributed by atoms with Crippen LogP contribution in [-0.4, -0.2) is 19.3 Å². The molecule has 19 heavy (non-hydrogen) atoms. The molecule has 0 atom stereocenters. The minimum Gasteiger partial charge on any atom is -0.372 e. The zero-order valence-electron chi connectivity index (χ0n) is 11.0. The van der Waals surface area contributed by atoms with Crippen LogP contribution in [-0.2, 0) is 0 Å². The summed E-state index contributed by atoms with van der Waals surface area (Å²) in [6, 6.07) is 12.7. The van der Waals surface area contributed by atoms with Crippen molar-refractivity contribution in [1.29, 1.82) is 0 Å². The first-order valence-electron chi connectivity index (χ1n) is 6.84. The number of aliphatic imine (C=N–C) groups is 1. The first-order chi connectivity index (χ1) is 9.42. The highest BCUT2D eigenvalue weighted by atomic mass is 32.1. The van der Waals surface area contributed by atoms with Crippen LogP contribution in [0.15, 0.2) is 46.8 Å². The Balaban J connectivity index is 1.68. The molecule has 1 fully saturated rings. The van der Waals surface area contributed by atoms with Crippen molar-refractivity contribution in [2.45, 2.75) is 19.3 Å². The van der Waals surface area contributed by atoms with Crippen LogP contribution < -0.4 is 4.90 Å². The van der Waals surface area contributed by atoms with Gasteiger partial charge in [-0.15, -0.1) is 11.3 Å². The highest BCUT2D eigenvalue weighted by molar-refractivity contribution is 7.11. The molecule has 1 aromatic carbocycles. The Hall–Kier alpha value is -1.61. The van der Waals surface area contributed by atoms with Gasteiger partial charge in [0.2, 0.25) is 0 Å². The lowest BCUT2D eigenvalue weighted by molar-refractivity contribution is 0.578. The highest BCUT2D eigenvalue weighted by Gasteiger charge is 2.10. The van der Waals surface area contributed by atoms with Crippen molar-refractivity contribution >= 4 is 28.9 Å². The van der Waals surface area contributed by atoms with Crippen molar-refractivity contribution in [3.05, 3.63) is 46.7 Å². The molecule has 0 amide bonds. The molecule has 1 saturated heterocycles. The number of nitrogens with zero attached hydrogens (tertiary/aromatic N) is 2. The molecule has 98 valence electrons. The van der Waals surface area contributed by atoms with Crippen LogP contribution in [0.1, 0.15) is 24.1 Å². The second-order valence-corrected chi connectivity index (χ2v) is 5.82. The fourth-order valence-corrected chi connectivity index (χ4v) is 2.99. The summed E-state index contributed by atoms with van der Waals surface area (Å²) in [6.07, 6.45) is 5.94. The molecule has 0 saturated carbocycles. The van der Waals surface area contributed by atoms with Crippen LogP contribution >= 0.6 is 11.3 Å². The van der Waals surface area contributed by atoms with Crippen LogP contribution in [0.2, 0.25) is 0 Å². The van der Waals surface area contributed by atoms with Crippen LogP contribution in [0.4, 0.5) is 11.4 Å². The summed E-state index contributed by atoms with van der Waals surface area (Å²) in [5.41, 5.74) is 2.35. The Labute approximate surface area is 118 Å². The number of piperidine rings is 1. The third kappa shape index (κ3) is 3.24. The Bertz CT molecular complexity index is 522. The minimum atomic E-state index is 1.02. The molecule has 2 aromatic rings. The first-order valence-corrected chi connectivity index (χ1v) is 7.72. The summed E-state index contributed by atoms with van der Waals surface area (Å²) in [7, 11) is 0. The maximum absolute atomic E-state index is 4.50. The molecule has 3 rings (SSSR count). The SMILES string of the molecule is C(=Nc1ccc(N2CCCCC2)cc1)c1cccs1. The van der Waals surface area contributed by atoms with Crippen LogP contribution in [0.5, 0.6) is 0 Å². The molecular weight excluding hydrogens is 252 g/mol. The lowest BCUT2D eigenvalue weighted by Crippen LogP contribution is -2.29. The van der Waals surface area contributed by atoms with Gasteiger partial charge in [0.1, 0.15) is 0 Å². The Morgan fingerprint density at radius 3 is 2.47 bits per heavy atom. The van der Waals surface area contributed by atoms with E-state index in [1.807, 2.05) is 12.3 Å². The van der Waals surface area contributed by atoms with Crippen molar-refractivity contribution in [2.75, 3.05) is 18.0 Å². The van der Waals surface area contributed by atoms with E-state index in [4.69, 9.17) is 0 Å². The number of thiophene rings is 1. The molecule has 0 unspecified atom stereocenters. The molecule has 0 N–H and O–H groups in total. The fourth-order valence-electron chi connectivity index (χ4n) is 2.40. The van der Waals surface area contributed by atoms with Crippen molar-refractivity contribution < 1.29 is 0 Å². The molecule has 0 aliphatic carbocycles. The van der Waals surface area contributed by atoms with Gasteiger partial charge in [0.15, 0.2) is 0 Å². The molecular formula is C16H18N2S. The quantitative estimate of drug-likeness (QED) is 0.750. The van der Waals surface area contributed by atoms with Gasteiger partial charge in [-0.2, -0.15) is 0 Å². The van der Waals surface area contributed by atoms with E-state index < -0.39 is 0 Å². The van der Waals surface area contributed by atoms with Gasteiger partial charge in [-0.1, -0.05) is 6.07 Å². The molecule has 1 aliphatic heterocycles. The standard InChI is InChI=1S/C16H18N2S/c1-2-10-18(11-3-1)15-8-6-14(7-9-15)17-13-16-5-4-12-19-16/h4-9,12-13H,1-3,10-11H2. The van der Waals surface area contributed by atoms with E-state index in [0.717, 1.165) is 5.69 Å². The van der Waals surface area contributed by atoms with E-state index >= 15 is 0 Å². The predicted octanol–water partition coefficient (Wildman–Crippen LogP) is 4.49. The van der Waals surface area contributed by atoms with Crippen LogP contribution in [0, 0.1) is 0 Å². The fraction of sp³-hybridized carbons (Fsp3) is 0.312. The smallest absolute Gasteiger partial charge is 0.0631 e. The summed E-state index contributed by atoms with van der Waals surface area (Å²) in [6.45, 7) is 2.38. The summed E-state index contributed by atoms with van der Waals surface area (Å²) in [5, 5.41) is 2.07. The van der Waals surface area contributed by atoms with Gasteiger partial charge >= 0.3 is 0 Å². The summed E-state index contributed by atoms with van der Waals surface area (Å²) in [5.74, 6) is 0. The third-order valence-corrected chi connectivity index (χ3v) is 4.26. The minimum absolute atomic E-state index is 1.02. The van der Waals surface area contributed by atoms with Gasteiger partial charge in [0.05, 0.1) is 5.69 Å². The van der Waals surface area contributed by atoms with E-state index in [0.29, 0.717) is 0 Å². The molecule has 3 heteroatoms. The maximum atomic E-state index is 4.50. The summed E-state index contributed by atoms with van der Waals surface area (Å²) < 4.78 is 0. The number of benzene rings is 1. The zero-order valence-corrected chi connectivity index (χ0v) is 11.8. The lowest BCUT2D eigenvalue weighted by Gasteiger charge is -2.28. The van der Waals surface area contributed by atoms with E-state index in [2.05, 4.69) is 45.6 Å². The average Bonchev–Trinajstić information content (AvgIpc) is 3.00. The van der Waals surface area contributed by atoms with Gasteiger partial charge in [-0.25, -0.2) is 0 Å². The number of anilines is 1. The number of hydrogen-bond donors (Lipinski definition) is 0. The van der Waals surface area contributed by atoms with Crippen LogP contribution in [0.25, 0.3) is 0 Å². The molecule has 0 radical (unpaired) electrons. The lowest BCUT2D eigenvalue weighted by atomic mass is 10.1. The van der Waals surface area contributed by atoms with Crippen LogP contribution in [0.3, 0.4) is 0 Å². The van der Waals surface area contributed by atoms with Gasteiger partial charge in [0.25, 0.3) is 0 Å². The second-order valence-electron chi connectivity index (χ2n) is 4.84. The van der Waals surface area contributed by atoms with Gasteiger partial charge < -0.3 is 4.90 Å².